The maximum absolute atomic E-state index is 15.8. The summed E-state index contributed by atoms with van der Waals surface area (Å²) in [4.78, 5) is 83.1. The number of amidine groups is 1. The maximum Gasteiger partial charge on any atom is 0.342 e. The van der Waals surface area contributed by atoms with Crippen LogP contribution in [0, 0.1) is 73.4 Å². The summed E-state index contributed by atoms with van der Waals surface area (Å²) in [6.07, 6.45) is 8.86. The number of aromatic nitrogens is 1. The van der Waals surface area contributed by atoms with Gasteiger partial charge in [-0.3, -0.25) is 14.4 Å². The third kappa shape index (κ3) is 16.1. The summed E-state index contributed by atoms with van der Waals surface area (Å²) in [5, 5.41) is 6.49. The third-order valence-electron chi connectivity index (χ3n) is 20.2. The molecule has 4 unspecified atom stereocenters. The Morgan fingerprint density at radius 1 is 0.610 bits per heavy atom. The number of nitrogens with one attached hydrogen (secondary N) is 3. The van der Waals surface area contributed by atoms with Crippen molar-refractivity contribution in [3.05, 3.63) is 33.7 Å². The molecule has 0 saturated heterocycles. The van der Waals surface area contributed by atoms with E-state index in [1.165, 1.54) is 11.8 Å². The molecule has 2 amide bonds. The fourth-order valence-corrected chi connectivity index (χ4v) is 14.4. The lowest BCUT2D eigenvalue weighted by molar-refractivity contribution is -0.164. The van der Waals surface area contributed by atoms with Crippen LogP contribution in [0.15, 0.2) is 21.8 Å². The molecule has 3 N–H and O–H groups in total. The van der Waals surface area contributed by atoms with Crippen molar-refractivity contribution in [2.24, 2.45) is 78.4 Å². The van der Waals surface area contributed by atoms with Crippen molar-refractivity contribution in [1.82, 2.24) is 10.3 Å². The van der Waals surface area contributed by atoms with Gasteiger partial charge in [-0.2, -0.15) is 11.8 Å². The van der Waals surface area contributed by atoms with Crippen LogP contribution in [-0.4, -0.2) is 70.9 Å². The third-order valence-corrected chi connectivity index (χ3v) is 21.1. The van der Waals surface area contributed by atoms with Crippen LogP contribution < -0.4 is 10.6 Å². The van der Waals surface area contributed by atoms with E-state index in [4.69, 9.17) is 19.2 Å². The molecule has 466 valence electrons. The number of hydrogen-bond acceptors (Lipinski definition) is 10. The number of aliphatic imine (C=N–C) groups is 1. The highest BCUT2D eigenvalue weighted by atomic mass is 32.2. The summed E-state index contributed by atoms with van der Waals surface area (Å²) in [6, 6.07) is 0. The van der Waals surface area contributed by atoms with Crippen molar-refractivity contribution in [1.29, 1.82) is 0 Å². The Kier molecular flexibility index (Phi) is 23.8. The molecule has 13 heteroatoms. The van der Waals surface area contributed by atoms with Crippen LogP contribution in [0.1, 0.15) is 271 Å². The average Bonchev–Trinajstić information content (AvgIpc) is 3.91. The first-order chi connectivity index (χ1) is 37.8. The number of H-pyrrole nitrogens is 1. The zero-order chi connectivity index (χ0) is 62.5. The molecule has 2 saturated carbocycles. The number of nitrogens with zero attached hydrogens (tertiary/aromatic N) is 1. The highest BCUT2D eigenvalue weighted by molar-refractivity contribution is 7.99. The standard InChI is InChI=1S/C69H116N4O8S/c1-26-67(24,25)62(78)79-33-34-82-40-44-49(70-56(72-60(76)68(27-2,28-3)29-4)52(44)58(74)80-54-45(63(12,13)14)35-42(10)36-46(54)64(15,16)17)39-50-51(41(8)9)53(57(71-50)73-61(77)69(30-5,31-6)32-7)59(75)81-55-47(65(18,19)20)37-43(11)38-48(55)66(21,22)23/h39,41-43,45-48,54-55,71H,26-38,40H2,1-25H3,(H,73,77)(H,70,72,76). The van der Waals surface area contributed by atoms with Gasteiger partial charge in [-0.15, -0.1) is 0 Å². The van der Waals surface area contributed by atoms with Gasteiger partial charge in [0.05, 0.1) is 11.1 Å². The Hall–Kier alpha value is -3.87. The lowest BCUT2D eigenvalue weighted by atomic mass is 9.59. The van der Waals surface area contributed by atoms with Gasteiger partial charge in [-0.25, -0.2) is 14.6 Å². The molecule has 0 radical (unpaired) electrons. The van der Waals surface area contributed by atoms with Gasteiger partial charge in [0.25, 0.3) is 0 Å². The largest absolute Gasteiger partial charge is 0.464 e. The molecular weight excluding hydrogens is 1040 g/mol. The number of thioether (sulfide) groups is 1. The SMILES string of the molecule is CCC(C)(C)C(=O)OCCSCC1=C(C(=O)OC2C(C(C)(C)C)CC(C)CC2C(C)(C)C)C(NC(=O)C(CC)(CC)CC)=NC1=Cc1[nH]c(NC(=O)C(CC)(CC)CC)c(C(=O)OC2C(C(C)(C)C)CC(C)CC2C(C)(C)C)c1C(C)C. The Morgan fingerprint density at radius 2 is 1.01 bits per heavy atom. The summed E-state index contributed by atoms with van der Waals surface area (Å²) in [6.45, 7) is 53.5. The van der Waals surface area contributed by atoms with Gasteiger partial charge in [-0.05, 0) is 136 Å². The smallest absolute Gasteiger partial charge is 0.342 e. The van der Waals surface area contributed by atoms with E-state index in [9.17, 15) is 14.4 Å². The van der Waals surface area contributed by atoms with E-state index in [2.05, 4.69) is 113 Å². The van der Waals surface area contributed by atoms with Crippen molar-refractivity contribution < 1.29 is 38.2 Å². The minimum Gasteiger partial charge on any atom is -0.464 e. The Balaban J connectivity index is 2.14. The molecule has 1 aromatic rings. The second-order valence-electron chi connectivity index (χ2n) is 30.5. The predicted octanol–water partition coefficient (Wildman–Crippen LogP) is 17.3. The molecule has 12 nitrogen and oxygen atoms in total. The molecule has 1 aliphatic heterocycles. The predicted molar refractivity (Wildman–Crippen MR) is 341 cm³/mol. The Morgan fingerprint density at radius 3 is 1.39 bits per heavy atom. The van der Waals surface area contributed by atoms with Gasteiger partial charge in [0.15, 0.2) is 0 Å². The molecule has 2 heterocycles. The van der Waals surface area contributed by atoms with Gasteiger partial charge in [0.2, 0.25) is 11.8 Å². The zero-order valence-electron chi connectivity index (χ0n) is 56.3. The molecule has 3 aliphatic rings. The number of carbonyl (C=O) groups excluding carboxylic acids is 5. The second-order valence-corrected chi connectivity index (χ2v) is 31.6. The minimum atomic E-state index is -0.727. The summed E-state index contributed by atoms with van der Waals surface area (Å²) >= 11 is 1.50. The van der Waals surface area contributed by atoms with E-state index >= 15 is 9.59 Å². The number of anilines is 1. The fourth-order valence-electron chi connectivity index (χ4n) is 13.5. The molecule has 0 spiro atoms. The number of carbonyl (C=O) groups is 5. The van der Waals surface area contributed by atoms with Gasteiger partial charge >= 0.3 is 17.9 Å². The fraction of sp³-hybridized carbons (Fsp3) is 0.797. The number of allylic oxidation sites excluding steroid dienone is 1. The molecule has 0 aromatic carbocycles. The molecule has 2 fully saturated rings. The van der Waals surface area contributed by atoms with Crippen molar-refractivity contribution >= 4 is 59.2 Å². The molecule has 2 aliphatic carbocycles. The van der Waals surface area contributed by atoms with Gasteiger partial charge < -0.3 is 29.8 Å². The summed E-state index contributed by atoms with van der Waals surface area (Å²) in [5.41, 5.74) is -0.213. The van der Waals surface area contributed by atoms with Crippen molar-refractivity contribution in [3.63, 3.8) is 0 Å². The maximum atomic E-state index is 15.8. The monoisotopic (exact) mass is 1160 g/mol. The van der Waals surface area contributed by atoms with Crippen LogP contribution in [0.25, 0.3) is 6.08 Å². The number of rotatable bonds is 22. The first kappa shape index (κ1) is 70.6. The second kappa shape index (κ2) is 27.7. The van der Waals surface area contributed by atoms with Crippen molar-refractivity contribution in [2.75, 3.05) is 23.4 Å². The Bertz CT molecular complexity index is 2430. The number of ether oxygens (including phenoxy) is 3. The van der Waals surface area contributed by atoms with Crippen molar-refractivity contribution in [2.45, 2.75) is 262 Å². The number of aromatic amines is 1. The average molecular weight is 1160 g/mol. The molecule has 82 heavy (non-hydrogen) atoms. The van der Waals surface area contributed by atoms with Crippen LogP contribution >= 0.6 is 11.8 Å². The van der Waals surface area contributed by atoms with E-state index < -0.39 is 40.4 Å². The van der Waals surface area contributed by atoms with E-state index in [-0.39, 0.29) is 104 Å². The lowest BCUT2D eigenvalue weighted by Crippen LogP contribution is -2.50. The van der Waals surface area contributed by atoms with Crippen molar-refractivity contribution in [3.8, 4) is 0 Å². The van der Waals surface area contributed by atoms with Gasteiger partial charge in [0.1, 0.15) is 41.6 Å². The van der Waals surface area contributed by atoms with Gasteiger partial charge in [-0.1, -0.05) is 159 Å². The molecule has 1 aromatic heterocycles. The van der Waals surface area contributed by atoms with E-state index in [0.29, 0.717) is 85.1 Å². The normalized spacial score (nSPS) is 23.9. The summed E-state index contributed by atoms with van der Waals surface area (Å²) in [7, 11) is 0. The first-order valence-corrected chi connectivity index (χ1v) is 33.0. The highest BCUT2D eigenvalue weighted by Gasteiger charge is 2.51. The Labute approximate surface area is 502 Å². The molecule has 0 bridgehead atoms. The van der Waals surface area contributed by atoms with Crippen LogP contribution in [0.2, 0.25) is 0 Å². The van der Waals surface area contributed by atoms with E-state index in [0.717, 1.165) is 25.7 Å². The summed E-state index contributed by atoms with van der Waals surface area (Å²) < 4.78 is 19.9. The summed E-state index contributed by atoms with van der Waals surface area (Å²) in [5.74, 6) is 0.131. The van der Waals surface area contributed by atoms with E-state index in [1.807, 2.05) is 82.2 Å². The topological polar surface area (TPSA) is 165 Å². The van der Waals surface area contributed by atoms with Crippen LogP contribution in [0.4, 0.5) is 5.82 Å². The number of amides is 2. The lowest BCUT2D eigenvalue weighted by Gasteiger charge is -2.50. The van der Waals surface area contributed by atoms with Crippen LogP contribution in [0.5, 0.6) is 0 Å². The molecule has 4 rings (SSSR count). The number of hydrogen-bond donors (Lipinski definition) is 3. The van der Waals surface area contributed by atoms with Gasteiger partial charge in [0, 0.05) is 57.3 Å². The van der Waals surface area contributed by atoms with Crippen LogP contribution in [-0.2, 0) is 33.4 Å². The minimum absolute atomic E-state index is 0.0461. The molecule has 4 atom stereocenters. The number of esters is 3. The highest BCUT2D eigenvalue weighted by Crippen LogP contribution is 2.52. The van der Waals surface area contributed by atoms with Crippen LogP contribution in [0.3, 0.4) is 0 Å². The first-order valence-electron chi connectivity index (χ1n) is 31.9. The molecular formula is C69H116N4O8S. The zero-order valence-corrected chi connectivity index (χ0v) is 57.1. The quantitative estimate of drug-likeness (QED) is 0.0582. The van der Waals surface area contributed by atoms with E-state index in [1.54, 1.807) is 0 Å².